The van der Waals surface area contributed by atoms with Crippen molar-refractivity contribution in [1.82, 2.24) is 5.32 Å². The number of benzene rings is 1. The van der Waals surface area contributed by atoms with E-state index in [1.54, 1.807) is 0 Å². The topological polar surface area (TPSA) is 21.3 Å². The summed E-state index contributed by atoms with van der Waals surface area (Å²) in [5, 5.41) is 3.66. The van der Waals surface area contributed by atoms with E-state index in [1.807, 2.05) is 6.92 Å². The molecule has 0 aliphatic heterocycles. The molecule has 100 valence electrons. The molecule has 0 heterocycles. The highest BCUT2D eigenvalue weighted by Crippen LogP contribution is 2.36. The second-order valence-electron chi connectivity index (χ2n) is 5.33. The smallest absolute Gasteiger partial charge is 0.0671 e. The van der Waals surface area contributed by atoms with Crippen LogP contribution in [0.2, 0.25) is 0 Å². The summed E-state index contributed by atoms with van der Waals surface area (Å²) >= 11 is 0. The van der Waals surface area contributed by atoms with Crippen LogP contribution in [0.4, 0.5) is 0 Å². The second-order valence-corrected chi connectivity index (χ2v) is 5.33. The lowest BCUT2D eigenvalue weighted by atomic mass is 9.81. The summed E-state index contributed by atoms with van der Waals surface area (Å²) in [5.41, 5.74) is 3.00. The fraction of sp³-hybridized carbons (Fsp3) is 0.625. The maximum Gasteiger partial charge on any atom is 0.0671 e. The van der Waals surface area contributed by atoms with Crippen LogP contribution in [0.1, 0.15) is 56.7 Å². The lowest BCUT2D eigenvalue weighted by Gasteiger charge is -2.31. The Balaban J connectivity index is 2.00. The molecule has 2 rings (SSSR count). The molecule has 3 atom stereocenters. The Morgan fingerprint density at radius 2 is 2.00 bits per heavy atom. The monoisotopic (exact) mass is 247 g/mol. The number of hydrogen-bond donors (Lipinski definition) is 1. The molecule has 3 unspecified atom stereocenters. The maximum atomic E-state index is 5.58. The van der Waals surface area contributed by atoms with E-state index in [0.717, 1.165) is 13.2 Å². The van der Waals surface area contributed by atoms with Crippen LogP contribution in [0.15, 0.2) is 24.3 Å². The molecule has 0 saturated carbocycles. The van der Waals surface area contributed by atoms with Crippen LogP contribution in [0.25, 0.3) is 0 Å². The van der Waals surface area contributed by atoms with Crippen LogP contribution in [0.5, 0.6) is 0 Å². The standard InChI is InChI=1S/C16H25NO/c1-4-18-13(3)11-17-16-10-9-12(2)14-7-5-6-8-15(14)16/h5-8,12-13,16-17H,4,9-11H2,1-3H3. The lowest BCUT2D eigenvalue weighted by molar-refractivity contribution is 0.0733. The third-order valence-electron chi connectivity index (χ3n) is 3.89. The van der Waals surface area contributed by atoms with Crippen molar-refractivity contribution in [2.45, 2.75) is 51.7 Å². The molecule has 1 aromatic carbocycles. The summed E-state index contributed by atoms with van der Waals surface area (Å²) in [6, 6.07) is 9.35. The van der Waals surface area contributed by atoms with Gasteiger partial charge in [-0.15, -0.1) is 0 Å². The lowest BCUT2D eigenvalue weighted by Crippen LogP contribution is -2.32. The van der Waals surface area contributed by atoms with Gasteiger partial charge in [-0.25, -0.2) is 0 Å². The molecule has 0 bridgehead atoms. The van der Waals surface area contributed by atoms with E-state index in [9.17, 15) is 0 Å². The molecule has 2 heteroatoms. The molecule has 0 aromatic heterocycles. The Morgan fingerprint density at radius 1 is 1.28 bits per heavy atom. The normalized spacial score (nSPS) is 24.6. The van der Waals surface area contributed by atoms with Crippen LogP contribution in [0, 0.1) is 0 Å². The summed E-state index contributed by atoms with van der Waals surface area (Å²) in [7, 11) is 0. The van der Waals surface area contributed by atoms with Gasteiger partial charge in [0.2, 0.25) is 0 Å². The van der Waals surface area contributed by atoms with Gasteiger partial charge in [-0.3, -0.25) is 0 Å². The largest absolute Gasteiger partial charge is 0.377 e. The van der Waals surface area contributed by atoms with Crippen molar-refractivity contribution in [2.24, 2.45) is 0 Å². The first kappa shape index (κ1) is 13.6. The number of fused-ring (bicyclic) bond motifs is 1. The second kappa shape index (κ2) is 6.35. The van der Waals surface area contributed by atoms with Gasteiger partial charge in [0.05, 0.1) is 6.10 Å². The van der Waals surface area contributed by atoms with Crippen molar-refractivity contribution < 1.29 is 4.74 Å². The van der Waals surface area contributed by atoms with Crippen LogP contribution in [-0.4, -0.2) is 19.3 Å². The quantitative estimate of drug-likeness (QED) is 0.857. The van der Waals surface area contributed by atoms with Gasteiger partial charge in [0.25, 0.3) is 0 Å². The van der Waals surface area contributed by atoms with Gasteiger partial charge in [-0.05, 0) is 43.7 Å². The van der Waals surface area contributed by atoms with Crippen LogP contribution >= 0.6 is 0 Å². The van der Waals surface area contributed by atoms with Gasteiger partial charge in [0.15, 0.2) is 0 Å². The zero-order valence-corrected chi connectivity index (χ0v) is 11.8. The predicted octanol–water partition coefficient (Wildman–Crippen LogP) is 3.64. The first-order valence-electron chi connectivity index (χ1n) is 7.16. The molecule has 0 radical (unpaired) electrons. The number of rotatable bonds is 5. The third kappa shape index (κ3) is 3.12. The third-order valence-corrected chi connectivity index (χ3v) is 3.89. The Hall–Kier alpha value is -0.860. The molecule has 0 fully saturated rings. The fourth-order valence-corrected chi connectivity index (χ4v) is 2.87. The van der Waals surface area contributed by atoms with E-state index < -0.39 is 0 Å². The highest BCUT2D eigenvalue weighted by molar-refractivity contribution is 5.34. The van der Waals surface area contributed by atoms with E-state index in [2.05, 4.69) is 43.4 Å². The minimum absolute atomic E-state index is 0.293. The van der Waals surface area contributed by atoms with Gasteiger partial charge >= 0.3 is 0 Å². The summed E-state index contributed by atoms with van der Waals surface area (Å²) < 4.78 is 5.58. The highest BCUT2D eigenvalue weighted by atomic mass is 16.5. The van der Waals surface area contributed by atoms with E-state index in [-0.39, 0.29) is 0 Å². The average molecular weight is 247 g/mol. The Kier molecular flexibility index (Phi) is 4.79. The number of ether oxygens (including phenoxy) is 1. The van der Waals surface area contributed by atoms with Gasteiger partial charge in [0, 0.05) is 19.2 Å². The molecule has 0 spiro atoms. The van der Waals surface area contributed by atoms with Crippen molar-refractivity contribution in [3.63, 3.8) is 0 Å². The van der Waals surface area contributed by atoms with E-state index in [1.165, 1.54) is 24.0 Å². The van der Waals surface area contributed by atoms with Crippen LogP contribution in [0.3, 0.4) is 0 Å². The first-order valence-corrected chi connectivity index (χ1v) is 7.16. The zero-order valence-electron chi connectivity index (χ0n) is 11.8. The Labute approximate surface area is 111 Å². The van der Waals surface area contributed by atoms with Gasteiger partial charge in [-0.2, -0.15) is 0 Å². The van der Waals surface area contributed by atoms with E-state index in [4.69, 9.17) is 4.74 Å². The van der Waals surface area contributed by atoms with E-state index in [0.29, 0.717) is 18.1 Å². The molecule has 2 nitrogen and oxygen atoms in total. The minimum atomic E-state index is 0.293. The average Bonchev–Trinajstić information content (AvgIpc) is 2.39. The van der Waals surface area contributed by atoms with Gasteiger partial charge in [0.1, 0.15) is 0 Å². The predicted molar refractivity (Wildman–Crippen MR) is 75.9 cm³/mol. The molecule has 1 N–H and O–H groups in total. The van der Waals surface area contributed by atoms with Gasteiger partial charge in [-0.1, -0.05) is 31.2 Å². The molecule has 0 saturated heterocycles. The van der Waals surface area contributed by atoms with Crippen molar-refractivity contribution >= 4 is 0 Å². The van der Waals surface area contributed by atoms with Crippen molar-refractivity contribution in [3.8, 4) is 0 Å². The molecule has 1 aromatic rings. The van der Waals surface area contributed by atoms with Gasteiger partial charge < -0.3 is 10.1 Å². The summed E-state index contributed by atoms with van der Waals surface area (Å²) in [5.74, 6) is 0.698. The molecule has 1 aliphatic rings. The summed E-state index contributed by atoms with van der Waals surface area (Å²) in [6.07, 6.45) is 2.80. The summed E-state index contributed by atoms with van der Waals surface area (Å²) in [6.45, 7) is 8.24. The molecule has 0 amide bonds. The minimum Gasteiger partial charge on any atom is -0.377 e. The molecular weight excluding hydrogens is 222 g/mol. The summed E-state index contributed by atoms with van der Waals surface area (Å²) in [4.78, 5) is 0. The molecule has 18 heavy (non-hydrogen) atoms. The van der Waals surface area contributed by atoms with Crippen molar-refractivity contribution in [2.75, 3.05) is 13.2 Å². The number of nitrogens with one attached hydrogen (secondary N) is 1. The Bertz CT molecular complexity index is 377. The Morgan fingerprint density at radius 3 is 2.72 bits per heavy atom. The van der Waals surface area contributed by atoms with Crippen molar-refractivity contribution in [1.29, 1.82) is 0 Å². The highest BCUT2D eigenvalue weighted by Gasteiger charge is 2.24. The maximum absolute atomic E-state index is 5.58. The molecular formula is C16H25NO. The van der Waals surface area contributed by atoms with Crippen LogP contribution in [-0.2, 0) is 4.74 Å². The zero-order chi connectivity index (χ0) is 13.0. The fourth-order valence-electron chi connectivity index (χ4n) is 2.87. The SMILES string of the molecule is CCOC(C)CNC1CCC(C)c2ccccc21. The molecule has 1 aliphatic carbocycles. The number of hydrogen-bond acceptors (Lipinski definition) is 2. The van der Waals surface area contributed by atoms with E-state index >= 15 is 0 Å². The van der Waals surface area contributed by atoms with Crippen molar-refractivity contribution in [3.05, 3.63) is 35.4 Å². The first-order chi connectivity index (χ1) is 8.72. The van der Waals surface area contributed by atoms with Crippen LogP contribution < -0.4 is 5.32 Å².